The number of nitrogens with two attached hydrogens (primary N) is 1. The Bertz CT molecular complexity index is 361. The Morgan fingerprint density at radius 2 is 2.22 bits per heavy atom. The number of hydrogen-bond donors (Lipinski definition) is 1. The molecule has 18 heavy (non-hydrogen) atoms. The summed E-state index contributed by atoms with van der Waals surface area (Å²) in [6, 6.07) is 4.47. The molecule has 2 N–H and O–H groups in total. The van der Waals surface area contributed by atoms with Crippen molar-refractivity contribution >= 4 is 0 Å². The molecule has 3 nitrogen and oxygen atoms in total. The smallest absolute Gasteiger partial charge is 0.0485 e. The molecule has 0 spiro atoms. The minimum Gasteiger partial charge on any atom is -0.329 e. The number of aromatic nitrogens is 1. The molecule has 1 unspecified atom stereocenters. The van der Waals surface area contributed by atoms with E-state index in [0.717, 1.165) is 13.1 Å². The number of rotatable bonds is 3. The van der Waals surface area contributed by atoms with Crippen LogP contribution in [-0.4, -0.2) is 29.5 Å². The van der Waals surface area contributed by atoms with Crippen molar-refractivity contribution in [1.82, 2.24) is 9.88 Å². The van der Waals surface area contributed by atoms with E-state index in [-0.39, 0.29) is 0 Å². The second-order valence-corrected chi connectivity index (χ2v) is 6.09. The lowest BCUT2D eigenvalue weighted by Gasteiger charge is -2.30. The summed E-state index contributed by atoms with van der Waals surface area (Å²) in [4.78, 5) is 6.75. The summed E-state index contributed by atoms with van der Waals surface area (Å²) in [5, 5.41) is 0. The van der Waals surface area contributed by atoms with Gasteiger partial charge >= 0.3 is 0 Å². The molecule has 100 valence electrons. The van der Waals surface area contributed by atoms with Crippen LogP contribution in [0.1, 0.15) is 44.7 Å². The largest absolute Gasteiger partial charge is 0.329 e. The van der Waals surface area contributed by atoms with Gasteiger partial charge in [0, 0.05) is 25.0 Å². The van der Waals surface area contributed by atoms with Gasteiger partial charge in [-0.3, -0.25) is 9.88 Å². The Kier molecular flexibility index (Phi) is 4.36. The third kappa shape index (κ3) is 3.30. The Morgan fingerprint density at radius 3 is 2.89 bits per heavy atom. The van der Waals surface area contributed by atoms with Gasteiger partial charge in [0.15, 0.2) is 0 Å². The van der Waals surface area contributed by atoms with Gasteiger partial charge in [0.05, 0.1) is 0 Å². The lowest BCUT2D eigenvalue weighted by atomic mass is 9.85. The van der Waals surface area contributed by atoms with Gasteiger partial charge in [-0.1, -0.05) is 19.9 Å². The predicted octanol–water partition coefficient (Wildman–Crippen LogP) is 2.59. The van der Waals surface area contributed by atoms with E-state index in [9.17, 15) is 0 Å². The fraction of sp³-hybridized carbons (Fsp3) is 0.667. The Morgan fingerprint density at radius 1 is 1.39 bits per heavy atom. The number of nitrogens with zero attached hydrogens (tertiary/aromatic N) is 2. The van der Waals surface area contributed by atoms with Crippen molar-refractivity contribution in [2.45, 2.75) is 39.2 Å². The fourth-order valence-electron chi connectivity index (χ4n) is 2.82. The van der Waals surface area contributed by atoms with Crippen LogP contribution in [0.3, 0.4) is 0 Å². The van der Waals surface area contributed by atoms with Gasteiger partial charge in [-0.2, -0.15) is 0 Å². The van der Waals surface area contributed by atoms with Crippen molar-refractivity contribution in [2.75, 3.05) is 19.6 Å². The number of likely N-dealkylation sites (tertiary alicyclic amines) is 1. The summed E-state index contributed by atoms with van der Waals surface area (Å²) < 4.78 is 0. The van der Waals surface area contributed by atoms with Gasteiger partial charge in [0.2, 0.25) is 0 Å². The molecule has 3 heteroatoms. The van der Waals surface area contributed by atoms with Crippen LogP contribution in [0.5, 0.6) is 0 Å². The summed E-state index contributed by atoms with van der Waals surface area (Å²) in [7, 11) is 0. The molecule has 1 aliphatic rings. The first kappa shape index (κ1) is 13.5. The van der Waals surface area contributed by atoms with Crippen LogP contribution in [0.2, 0.25) is 0 Å². The molecule has 0 saturated carbocycles. The van der Waals surface area contributed by atoms with Gasteiger partial charge in [-0.15, -0.1) is 0 Å². The standard InChI is InChI=1S/C15H25N3/c1-15(2)6-4-9-18(10-7-15)14(11-16)13-5-3-8-17-12-13/h3,5,8,12,14H,4,6-7,9-11,16H2,1-2H3. The van der Waals surface area contributed by atoms with Crippen molar-refractivity contribution in [3.05, 3.63) is 30.1 Å². The first-order valence-corrected chi connectivity index (χ1v) is 6.96. The highest BCUT2D eigenvalue weighted by molar-refractivity contribution is 5.14. The van der Waals surface area contributed by atoms with E-state index < -0.39 is 0 Å². The summed E-state index contributed by atoms with van der Waals surface area (Å²) >= 11 is 0. The molecule has 2 heterocycles. The quantitative estimate of drug-likeness (QED) is 0.892. The maximum absolute atomic E-state index is 5.98. The van der Waals surface area contributed by atoms with Gasteiger partial charge in [-0.25, -0.2) is 0 Å². The zero-order valence-corrected chi connectivity index (χ0v) is 11.6. The topological polar surface area (TPSA) is 42.1 Å². The van der Waals surface area contributed by atoms with E-state index in [1.807, 2.05) is 18.5 Å². The van der Waals surface area contributed by atoms with E-state index >= 15 is 0 Å². The maximum Gasteiger partial charge on any atom is 0.0485 e. The Hall–Kier alpha value is -0.930. The van der Waals surface area contributed by atoms with Gasteiger partial charge in [0.25, 0.3) is 0 Å². The first-order valence-electron chi connectivity index (χ1n) is 6.96. The summed E-state index contributed by atoms with van der Waals surface area (Å²) in [5.41, 5.74) is 7.71. The van der Waals surface area contributed by atoms with Crippen LogP contribution in [-0.2, 0) is 0 Å². The van der Waals surface area contributed by atoms with Crippen LogP contribution < -0.4 is 5.73 Å². The van der Waals surface area contributed by atoms with Gasteiger partial charge < -0.3 is 5.73 Å². The molecule has 0 bridgehead atoms. The van der Waals surface area contributed by atoms with Gasteiger partial charge in [-0.05, 0) is 49.4 Å². The normalized spacial score (nSPS) is 22.4. The SMILES string of the molecule is CC1(C)CCCN(C(CN)c2cccnc2)CC1. The van der Waals surface area contributed by atoms with Crippen LogP contribution in [0.15, 0.2) is 24.5 Å². The summed E-state index contributed by atoms with van der Waals surface area (Å²) in [5.74, 6) is 0. The minimum atomic E-state index is 0.326. The zero-order valence-electron chi connectivity index (χ0n) is 11.6. The molecular weight excluding hydrogens is 222 g/mol. The number of pyridine rings is 1. The van der Waals surface area contributed by atoms with Crippen molar-refractivity contribution in [3.8, 4) is 0 Å². The van der Waals surface area contributed by atoms with Crippen LogP contribution >= 0.6 is 0 Å². The van der Waals surface area contributed by atoms with E-state index in [1.165, 1.54) is 24.8 Å². The fourth-order valence-corrected chi connectivity index (χ4v) is 2.82. The molecule has 1 saturated heterocycles. The van der Waals surface area contributed by atoms with Crippen LogP contribution in [0.4, 0.5) is 0 Å². The highest BCUT2D eigenvalue weighted by atomic mass is 15.2. The van der Waals surface area contributed by atoms with Crippen LogP contribution in [0, 0.1) is 5.41 Å². The minimum absolute atomic E-state index is 0.326. The molecule has 1 aliphatic heterocycles. The van der Waals surface area contributed by atoms with Crippen molar-refractivity contribution in [1.29, 1.82) is 0 Å². The Balaban J connectivity index is 2.09. The van der Waals surface area contributed by atoms with Crippen molar-refractivity contribution in [3.63, 3.8) is 0 Å². The number of hydrogen-bond acceptors (Lipinski definition) is 3. The van der Waals surface area contributed by atoms with E-state index in [0.29, 0.717) is 18.0 Å². The van der Waals surface area contributed by atoms with Crippen molar-refractivity contribution in [2.24, 2.45) is 11.1 Å². The molecule has 0 amide bonds. The Labute approximate surface area is 110 Å². The summed E-state index contributed by atoms with van der Waals surface area (Å²) in [6.07, 6.45) is 7.61. The highest BCUT2D eigenvalue weighted by Gasteiger charge is 2.27. The maximum atomic E-state index is 5.98. The van der Waals surface area contributed by atoms with E-state index in [2.05, 4.69) is 29.8 Å². The second-order valence-electron chi connectivity index (χ2n) is 6.09. The molecule has 1 atom stereocenters. The third-order valence-corrected chi connectivity index (χ3v) is 4.11. The monoisotopic (exact) mass is 247 g/mol. The van der Waals surface area contributed by atoms with E-state index in [4.69, 9.17) is 5.73 Å². The molecule has 0 radical (unpaired) electrons. The average Bonchev–Trinajstić information content (AvgIpc) is 2.54. The first-order chi connectivity index (χ1) is 8.62. The van der Waals surface area contributed by atoms with Crippen LogP contribution in [0.25, 0.3) is 0 Å². The molecule has 0 aliphatic carbocycles. The molecular formula is C15H25N3. The third-order valence-electron chi connectivity index (χ3n) is 4.11. The molecule has 1 aromatic rings. The molecule has 0 aromatic carbocycles. The highest BCUT2D eigenvalue weighted by Crippen LogP contribution is 2.32. The van der Waals surface area contributed by atoms with Gasteiger partial charge in [0.1, 0.15) is 0 Å². The zero-order chi connectivity index (χ0) is 13.0. The average molecular weight is 247 g/mol. The van der Waals surface area contributed by atoms with E-state index in [1.54, 1.807) is 0 Å². The second kappa shape index (κ2) is 5.81. The summed E-state index contributed by atoms with van der Waals surface area (Å²) in [6.45, 7) is 7.71. The molecule has 1 fully saturated rings. The lowest BCUT2D eigenvalue weighted by Crippen LogP contribution is -2.35. The lowest BCUT2D eigenvalue weighted by molar-refractivity contribution is 0.199. The predicted molar refractivity (Wildman–Crippen MR) is 75.2 cm³/mol. The van der Waals surface area contributed by atoms with Crippen molar-refractivity contribution < 1.29 is 0 Å². The molecule has 1 aromatic heterocycles. The molecule has 2 rings (SSSR count).